The van der Waals surface area contributed by atoms with Crippen molar-refractivity contribution in [2.45, 2.75) is 4.90 Å². The molecule has 0 fully saturated rings. The zero-order valence-electron chi connectivity index (χ0n) is 14.9. The summed E-state index contributed by atoms with van der Waals surface area (Å²) >= 11 is 3.08. The molecule has 0 radical (unpaired) electrons. The zero-order chi connectivity index (χ0) is 20.6. The van der Waals surface area contributed by atoms with Crippen LogP contribution in [0.2, 0.25) is 0 Å². The number of fused-ring (bicyclic) bond motifs is 1. The van der Waals surface area contributed by atoms with E-state index < -0.39 is 15.8 Å². The SMILES string of the molecule is COc1cc(Br)c(F)cc1N(c1ccon1)S(=O)(=O)c1ccc2cnccc2c1. The van der Waals surface area contributed by atoms with E-state index in [2.05, 4.69) is 26.1 Å². The fraction of sp³-hybridized carbons (Fsp3) is 0.0526. The number of sulfonamides is 1. The lowest BCUT2D eigenvalue weighted by Crippen LogP contribution is -2.27. The Morgan fingerprint density at radius 1 is 1.14 bits per heavy atom. The van der Waals surface area contributed by atoms with Crippen molar-refractivity contribution in [2.75, 3.05) is 11.4 Å². The van der Waals surface area contributed by atoms with Gasteiger partial charge in [-0.15, -0.1) is 0 Å². The van der Waals surface area contributed by atoms with Crippen molar-refractivity contribution in [2.24, 2.45) is 0 Å². The summed E-state index contributed by atoms with van der Waals surface area (Å²) < 4.78 is 52.6. The first-order valence-corrected chi connectivity index (χ1v) is 10.5. The Morgan fingerprint density at radius 3 is 2.69 bits per heavy atom. The molecule has 4 aromatic rings. The number of anilines is 2. The highest BCUT2D eigenvalue weighted by Gasteiger charge is 2.32. The van der Waals surface area contributed by atoms with E-state index in [0.717, 1.165) is 15.8 Å². The highest BCUT2D eigenvalue weighted by atomic mass is 79.9. The predicted molar refractivity (Wildman–Crippen MR) is 108 cm³/mol. The van der Waals surface area contributed by atoms with Crippen molar-refractivity contribution in [1.82, 2.24) is 10.1 Å². The summed E-state index contributed by atoms with van der Waals surface area (Å²) in [5, 5.41) is 5.22. The molecule has 0 bridgehead atoms. The van der Waals surface area contributed by atoms with Crippen LogP contribution in [-0.2, 0) is 10.0 Å². The van der Waals surface area contributed by atoms with Gasteiger partial charge in [-0.2, -0.15) is 0 Å². The largest absolute Gasteiger partial charge is 0.494 e. The molecule has 0 aliphatic rings. The van der Waals surface area contributed by atoms with Crippen LogP contribution in [0.25, 0.3) is 10.8 Å². The van der Waals surface area contributed by atoms with Crippen LogP contribution in [-0.4, -0.2) is 25.7 Å². The first-order valence-electron chi connectivity index (χ1n) is 8.24. The number of methoxy groups -OCH3 is 1. The van der Waals surface area contributed by atoms with Crippen molar-refractivity contribution in [3.8, 4) is 5.75 Å². The smallest absolute Gasteiger partial charge is 0.270 e. The first-order chi connectivity index (χ1) is 13.9. The van der Waals surface area contributed by atoms with Crippen molar-refractivity contribution in [1.29, 1.82) is 0 Å². The van der Waals surface area contributed by atoms with E-state index in [1.807, 2.05) is 0 Å². The number of benzene rings is 2. The summed E-state index contributed by atoms with van der Waals surface area (Å²) in [6.07, 6.45) is 4.43. The second-order valence-corrected chi connectivity index (χ2v) is 8.59. The molecule has 0 aliphatic heterocycles. The maximum atomic E-state index is 14.3. The molecule has 0 aliphatic carbocycles. The molecular formula is C19H13BrFN3O4S. The van der Waals surface area contributed by atoms with Gasteiger partial charge >= 0.3 is 0 Å². The van der Waals surface area contributed by atoms with Gasteiger partial charge in [0.2, 0.25) is 0 Å². The number of hydrogen-bond donors (Lipinski definition) is 0. The molecular weight excluding hydrogens is 465 g/mol. The lowest BCUT2D eigenvalue weighted by atomic mass is 10.2. The molecule has 4 rings (SSSR count). The molecule has 0 atom stereocenters. The van der Waals surface area contributed by atoms with Gasteiger partial charge in [-0.1, -0.05) is 11.2 Å². The fourth-order valence-corrected chi connectivity index (χ4v) is 4.65. The molecule has 0 saturated heterocycles. The molecule has 7 nitrogen and oxygen atoms in total. The summed E-state index contributed by atoms with van der Waals surface area (Å²) in [5.74, 6) is -0.566. The molecule has 0 amide bonds. The Bertz CT molecular complexity index is 1300. The molecule has 10 heteroatoms. The van der Waals surface area contributed by atoms with Gasteiger partial charge in [0.05, 0.1) is 16.5 Å². The minimum Gasteiger partial charge on any atom is -0.494 e. The van der Waals surface area contributed by atoms with Crippen LogP contribution in [0.5, 0.6) is 5.75 Å². The van der Waals surface area contributed by atoms with E-state index >= 15 is 0 Å². The Morgan fingerprint density at radius 2 is 1.97 bits per heavy atom. The maximum Gasteiger partial charge on any atom is 0.270 e. The number of pyridine rings is 1. The van der Waals surface area contributed by atoms with Gasteiger partial charge < -0.3 is 9.26 Å². The normalized spacial score (nSPS) is 11.6. The van der Waals surface area contributed by atoms with Crippen molar-refractivity contribution >= 4 is 48.2 Å². The number of hydrogen-bond acceptors (Lipinski definition) is 6. The molecule has 0 saturated carbocycles. The van der Waals surface area contributed by atoms with Crippen LogP contribution in [0.3, 0.4) is 0 Å². The second kappa shape index (κ2) is 7.45. The van der Waals surface area contributed by atoms with Gasteiger partial charge in [0, 0.05) is 29.9 Å². The molecule has 29 heavy (non-hydrogen) atoms. The van der Waals surface area contributed by atoms with Gasteiger partial charge in [0.25, 0.3) is 10.0 Å². The van der Waals surface area contributed by atoms with E-state index in [0.29, 0.717) is 5.39 Å². The monoisotopic (exact) mass is 477 g/mol. The third-order valence-electron chi connectivity index (χ3n) is 4.22. The average molecular weight is 478 g/mol. The molecule has 0 N–H and O–H groups in total. The summed E-state index contributed by atoms with van der Waals surface area (Å²) in [4.78, 5) is 4.01. The molecule has 2 aromatic carbocycles. The Balaban J connectivity index is 1.96. The van der Waals surface area contributed by atoms with Crippen LogP contribution in [0.15, 0.2) is 75.0 Å². The van der Waals surface area contributed by atoms with Crippen LogP contribution < -0.4 is 9.04 Å². The summed E-state index contributed by atoms with van der Waals surface area (Å²) in [6.45, 7) is 0. The zero-order valence-corrected chi connectivity index (χ0v) is 17.3. The Hall–Kier alpha value is -2.98. The highest BCUT2D eigenvalue weighted by Crippen LogP contribution is 2.40. The number of ether oxygens (including phenoxy) is 1. The van der Waals surface area contributed by atoms with Gasteiger partial charge in [-0.3, -0.25) is 4.98 Å². The Labute approximate surface area is 173 Å². The topological polar surface area (TPSA) is 85.5 Å². The fourth-order valence-electron chi connectivity index (χ4n) is 2.85. The number of nitrogens with zero attached hydrogens (tertiary/aromatic N) is 3. The quantitative estimate of drug-likeness (QED) is 0.415. The molecule has 2 heterocycles. The second-order valence-electron chi connectivity index (χ2n) is 5.95. The Kier molecular flexibility index (Phi) is 4.97. The number of rotatable bonds is 5. The molecule has 148 valence electrons. The van der Waals surface area contributed by atoms with Crippen molar-refractivity contribution < 1.29 is 22.1 Å². The molecule has 0 spiro atoms. The first kappa shape index (κ1) is 19.3. The third kappa shape index (κ3) is 3.45. The summed E-state index contributed by atoms with van der Waals surface area (Å²) in [7, 11) is -2.84. The third-order valence-corrected chi connectivity index (χ3v) is 6.54. The van der Waals surface area contributed by atoms with Crippen LogP contribution in [0.1, 0.15) is 0 Å². The molecule has 2 aromatic heterocycles. The van der Waals surface area contributed by atoms with Gasteiger partial charge in [0.15, 0.2) is 5.82 Å². The van der Waals surface area contributed by atoms with E-state index in [1.165, 1.54) is 37.6 Å². The minimum absolute atomic E-state index is 0.00965. The van der Waals surface area contributed by atoms with E-state index in [1.54, 1.807) is 24.5 Å². The predicted octanol–water partition coefficient (Wildman–Crippen LogP) is 4.66. The van der Waals surface area contributed by atoms with Crippen molar-refractivity contribution in [3.05, 3.63) is 71.4 Å². The number of aromatic nitrogens is 2. The lowest BCUT2D eigenvalue weighted by Gasteiger charge is -2.24. The van der Waals surface area contributed by atoms with Gasteiger partial charge in [-0.25, -0.2) is 17.1 Å². The number of halogens is 2. The van der Waals surface area contributed by atoms with Gasteiger partial charge in [-0.05, 0) is 45.6 Å². The minimum atomic E-state index is -4.20. The standard InChI is InChI=1S/C19H13BrFN3O4S/c1-27-18-9-15(20)16(21)10-17(18)24(19-5-7-28-23-19)29(25,26)14-3-2-13-11-22-6-4-12(13)8-14/h2-11H,1H3. The van der Waals surface area contributed by atoms with E-state index in [9.17, 15) is 12.8 Å². The maximum absolute atomic E-state index is 14.3. The lowest BCUT2D eigenvalue weighted by molar-refractivity contribution is 0.412. The van der Waals surface area contributed by atoms with Crippen LogP contribution in [0.4, 0.5) is 15.9 Å². The van der Waals surface area contributed by atoms with E-state index in [-0.39, 0.29) is 26.6 Å². The van der Waals surface area contributed by atoms with Crippen LogP contribution >= 0.6 is 15.9 Å². The average Bonchev–Trinajstić information content (AvgIpc) is 3.24. The van der Waals surface area contributed by atoms with Gasteiger partial charge in [0.1, 0.15) is 23.5 Å². The summed E-state index contributed by atoms with van der Waals surface area (Å²) in [5.41, 5.74) is -0.0445. The van der Waals surface area contributed by atoms with Crippen molar-refractivity contribution in [3.63, 3.8) is 0 Å². The highest BCUT2D eigenvalue weighted by molar-refractivity contribution is 9.10. The molecule has 0 unspecified atom stereocenters. The van der Waals surface area contributed by atoms with Crippen LogP contribution in [0, 0.1) is 5.82 Å². The van der Waals surface area contributed by atoms with E-state index in [4.69, 9.17) is 9.26 Å². The summed E-state index contributed by atoms with van der Waals surface area (Å²) in [6, 6.07) is 10.1.